The van der Waals surface area contributed by atoms with Crippen LogP contribution in [0.5, 0.6) is 0 Å². The second-order valence-electron chi connectivity index (χ2n) is 8.51. The third kappa shape index (κ3) is 5.51. The fraction of sp³-hybridized carbons (Fsp3) is 0.609. The van der Waals surface area contributed by atoms with Gasteiger partial charge in [0, 0.05) is 38.0 Å². The summed E-state index contributed by atoms with van der Waals surface area (Å²) in [6.45, 7) is 5.93. The van der Waals surface area contributed by atoms with E-state index in [0.717, 1.165) is 63.6 Å². The largest absolute Gasteiger partial charge is 0.357 e. The summed E-state index contributed by atoms with van der Waals surface area (Å²) in [5.41, 5.74) is 1.63. The monoisotopic (exact) mass is 538 g/mol. The van der Waals surface area contributed by atoms with Crippen molar-refractivity contribution in [3.8, 4) is 0 Å². The summed E-state index contributed by atoms with van der Waals surface area (Å²) in [7, 11) is 0. The molecule has 0 radical (unpaired) electrons. The smallest absolute Gasteiger partial charge is 0.345 e. The molecule has 0 amide bonds. The normalized spacial score (nSPS) is 17.3. The number of guanidine groups is 1. The van der Waals surface area contributed by atoms with Gasteiger partial charge < -0.3 is 10.6 Å². The molecule has 8 heteroatoms. The highest BCUT2D eigenvalue weighted by molar-refractivity contribution is 14.0. The zero-order valence-corrected chi connectivity index (χ0v) is 20.8. The Bertz CT molecular complexity index is 916. The van der Waals surface area contributed by atoms with E-state index in [-0.39, 0.29) is 35.1 Å². The summed E-state index contributed by atoms with van der Waals surface area (Å²) in [5.74, 6) is 1.80. The van der Waals surface area contributed by atoms with Crippen LogP contribution in [-0.4, -0.2) is 39.9 Å². The van der Waals surface area contributed by atoms with E-state index in [1.165, 1.54) is 24.8 Å². The Labute approximate surface area is 201 Å². The maximum Gasteiger partial charge on any atom is 0.345 e. The number of aryl methyl sites for hydroxylation is 2. The van der Waals surface area contributed by atoms with Crippen LogP contribution in [0.25, 0.3) is 0 Å². The number of hydrogen-bond acceptors (Lipinski definition) is 3. The lowest BCUT2D eigenvalue weighted by atomic mass is 9.64. The third-order valence-corrected chi connectivity index (χ3v) is 6.45. The van der Waals surface area contributed by atoms with E-state index in [1.54, 1.807) is 4.68 Å². The van der Waals surface area contributed by atoms with Crippen LogP contribution in [-0.2, 0) is 24.9 Å². The van der Waals surface area contributed by atoms with Crippen molar-refractivity contribution in [2.45, 2.75) is 70.4 Å². The van der Waals surface area contributed by atoms with Crippen molar-refractivity contribution in [2.75, 3.05) is 19.6 Å². The van der Waals surface area contributed by atoms with Gasteiger partial charge in [0.2, 0.25) is 0 Å². The molecule has 2 aliphatic rings. The van der Waals surface area contributed by atoms with E-state index in [0.29, 0.717) is 6.54 Å². The first-order valence-electron chi connectivity index (χ1n) is 11.5. The fourth-order valence-electron chi connectivity index (χ4n) is 4.54. The lowest BCUT2D eigenvalue weighted by Crippen LogP contribution is -2.42. The molecule has 1 aromatic heterocycles. The molecule has 170 valence electrons. The first-order valence-corrected chi connectivity index (χ1v) is 11.5. The molecule has 31 heavy (non-hydrogen) atoms. The standard InChI is InChI=1S/C23H34N6O.HI/c1-2-24-21(26-18-23(13-8-14-23)19-10-4-3-5-11-19)25-15-9-17-29-22(30)28-16-7-6-12-20(28)27-29;/h3-5,10-11H,2,6-9,12-18H2,1H3,(H2,24,25,26);1H. The van der Waals surface area contributed by atoms with Crippen molar-refractivity contribution in [2.24, 2.45) is 4.99 Å². The SMILES string of the molecule is CCNC(=NCC1(c2ccccc2)CCC1)NCCCn1nc2n(c1=O)CCCC2.I. The molecule has 2 heterocycles. The van der Waals surface area contributed by atoms with Gasteiger partial charge in [-0.1, -0.05) is 36.8 Å². The molecule has 0 bridgehead atoms. The molecule has 2 aromatic rings. The number of benzene rings is 1. The van der Waals surface area contributed by atoms with Gasteiger partial charge in [0.05, 0.1) is 6.54 Å². The average molecular weight is 538 g/mol. The number of nitrogens with one attached hydrogen (secondary N) is 2. The summed E-state index contributed by atoms with van der Waals surface area (Å²) >= 11 is 0. The number of halogens is 1. The van der Waals surface area contributed by atoms with Gasteiger partial charge in [-0.2, -0.15) is 5.10 Å². The quantitative estimate of drug-likeness (QED) is 0.235. The number of hydrogen-bond donors (Lipinski definition) is 2. The van der Waals surface area contributed by atoms with Crippen molar-refractivity contribution in [1.82, 2.24) is 25.0 Å². The highest BCUT2D eigenvalue weighted by Gasteiger charge is 2.38. The van der Waals surface area contributed by atoms with Crippen LogP contribution in [0.4, 0.5) is 0 Å². The van der Waals surface area contributed by atoms with E-state index >= 15 is 0 Å². The van der Waals surface area contributed by atoms with E-state index in [4.69, 9.17) is 4.99 Å². The zero-order valence-electron chi connectivity index (χ0n) is 18.5. The zero-order chi connectivity index (χ0) is 20.8. The highest BCUT2D eigenvalue weighted by atomic mass is 127. The molecule has 0 atom stereocenters. The van der Waals surface area contributed by atoms with Gasteiger partial charge in [-0.05, 0) is 44.6 Å². The molecular weight excluding hydrogens is 503 g/mol. The van der Waals surface area contributed by atoms with Crippen LogP contribution >= 0.6 is 24.0 Å². The molecule has 1 fully saturated rings. The van der Waals surface area contributed by atoms with E-state index < -0.39 is 0 Å². The molecule has 0 saturated heterocycles. The number of fused-ring (bicyclic) bond motifs is 1. The lowest BCUT2D eigenvalue weighted by Gasteiger charge is -2.41. The first kappa shape index (κ1) is 23.8. The maximum absolute atomic E-state index is 12.4. The van der Waals surface area contributed by atoms with Crippen molar-refractivity contribution >= 4 is 29.9 Å². The van der Waals surface area contributed by atoms with Crippen LogP contribution in [0.1, 0.15) is 56.8 Å². The summed E-state index contributed by atoms with van der Waals surface area (Å²) in [5, 5.41) is 11.3. The van der Waals surface area contributed by atoms with Crippen LogP contribution in [0.3, 0.4) is 0 Å². The highest BCUT2D eigenvalue weighted by Crippen LogP contribution is 2.43. The third-order valence-electron chi connectivity index (χ3n) is 6.45. The van der Waals surface area contributed by atoms with Crippen LogP contribution < -0.4 is 16.3 Å². The first-order chi connectivity index (χ1) is 14.7. The molecule has 1 aromatic carbocycles. The lowest BCUT2D eigenvalue weighted by molar-refractivity contribution is 0.253. The number of aliphatic imine (C=N–C) groups is 1. The summed E-state index contributed by atoms with van der Waals surface area (Å²) in [6, 6.07) is 10.8. The Hall–Kier alpha value is -1.84. The molecule has 2 N–H and O–H groups in total. The van der Waals surface area contributed by atoms with Crippen LogP contribution in [0, 0.1) is 0 Å². The van der Waals surface area contributed by atoms with Crippen LogP contribution in [0.15, 0.2) is 40.1 Å². The minimum absolute atomic E-state index is 0. The van der Waals surface area contributed by atoms with Gasteiger partial charge in [-0.3, -0.25) is 9.56 Å². The van der Waals surface area contributed by atoms with Crippen molar-refractivity contribution in [3.63, 3.8) is 0 Å². The van der Waals surface area contributed by atoms with Crippen molar-refractivity contribution in [1.29, 1.82) is 0 Å². The second kappa shape index (κ2) is 11.2. The van der Waals surface area contributed by atoms with Gasteiger partial charge in [-0.15, -0.1) is 24.0 Å². The molecule has 1 saturated carbocycles. The Morgan fingerprint density at radius 2 is 1.97 bits per heavy atom. The van der Waals surface area contributed by atoms with Gasteiger partial charge in [0.25, 0.3) is 0 Å². The van der Waals surface area contributed by atoms with Crippen molar-refractivity contribution in [3.05, 3.63) is 52.2 Å². The van der Waals surface area contributed by atoms with Crippen molar-refractivity contribution < 1.29 is 0 Å². The Kier molecular flexibility index (Phi) is 8.57. The van der Waals surface area contributed by atoms with E-state index in [1.807, 2.05) is 4.57 Å². The van der Waals surface area contributed by atoms with Gasteiger partial charge in [0.15, 0.2) is 5.96 Å². The summed E-state index contributed by atoms with van der Waals surface area (Å²) < 4.78 is 3.47. The Morgan fingerprint density at radius 3 is 2.65 bits per heavy atom. The van der Waals surface area contributed by atoms with E-state index in [9.17, 15) is 4.79 Å². The molecule has 1 aliphatic heterocycles. The van der Waals surface area contributed by atoms with Gasteiger partial charge in [-0.25, -0.2) is 9.48 Å². The Morgan fingerprint density at radius 1 is 1.16 bits per heavy atom. The second-order valence-corrected chi connectivity index (χ2v) is 8.51. The summed E-state index contributed by atoms with van der Waals surface area (Å²) in [6.07, 6.45) is 7.64. The Balaban J connectivity index is 0.00000272. The predicted octanol–water partition coefficient (Wildman–Crippen LogP) is 3.07. The minimum Gasteiger partial charge on any atom is -0.357 e. The number of aromatic nitrogens is 3. The maximum atomic E-state index is 12.4. The molecular formula is C23H35IN6O. The molecule has 0 unspecified atom stereocenters. The minimum atomic E-state index is 0. The van der Waals surface area contributed by atoms with Gasteiger partial charge >= 0.3 is 5.69 Å². The number of nitrogens with zero attached hydrogens (tertiary/aromatic N) is 4. The molecule has 1 aliphatic carbocycles. The number of rotatable bonds is 8. The molecule has 7 nitrogen and oxygen atoms in total. The van der Waals surface area contributed by atoms with Gasteiger partial charge in [0.1, 0.15) is 5.82 Å². The fourth-order valence-corrected chi connectivity index (χ4v) is 4.54. The molecule has 0 spiro atoms. The average Bonchev–Trinajstić information content (AvgIpc) is 3.07. The summed E-state index contributed by atoms with van der Waals surface area (Å²) in [4.78, 5) is 17.3. The topological polar surface area (TPSA) is 76.2 Å². The van der Waals surface area contributed by atoms with Crippen LogP contribution in [0.2, 0.25) is 0 Å². The van der Waals surface area contributed by atoms with E-state index in [2.05, 4.69) is 53.0 Å². The predicted molar refractivity (Wildman–Crippen MR) is 135 cm³/mol. The molecule has 4 rings (SSSR count).